The van der Waals surface area contributed by atoms with Crippen LogP contribution in [-0.2, 0) is 0 Å². The molecule has 14 heavy (non-hydrogen) atoms. The van der Waals surface area contributed by atoms with Gasteiger partial charge in [0, 0.05) is 23.7 Å². The lowest BCUT2D eigenvalue weighted by atomic mass is 9.61. The average molecular weight is 193 g/mol. The molecule has 2 atom stereocenters. The molecule has 1 heteroatoms. The summed E-state index contributed by atoms with van der Waals surface area (Å²) < 4.78 is 0. The number of nitrogens with zero attached hydrogens (tertiary/aromatic N) is 1. The minimum atomic E-state index is 0.388. The fourth-order valence-electron chi connectivity index (χ4n) is 3.64. The van der Waals surface area contributed by atoms with Crippen LogP contribution in [0, 0.1) is 5.41 Å². The molecule has 0 amide bonds. The third-order valence-corrected chi connectivity index (χ3v) is 5.39. The topological polar surface area (TPSA) is 3.24 Å². The number of hydrogen-bond acceptors (Lipinski definition) is 1. The molecule has 0 radical (unpaired) electrons. The summed E-state index contributed by atoms with van der Waals surface area (Å²) >= 11 is 0. The molecule has 0 aromatic rings. The highest BCUT2D eigenvalue weighted by Crippen LogP contribution is 2.57. The molecule has 1 nitrogen and oxygen atoms in total. The summed E-state index contributed by atoms with van der Waals surface area (Å²) in [7, 11) is 2.27. The fourth-order valence-corrected chi connectivity index (χ4v) is 3.64. The Morgan fingerprint density at radius 3 is 2.21 bits per heavy atom. The summed E-state index contributed by atoms with van der Waals surface area (Å²) in [5, 5.41) is 0. The molecule has 2 rings (SSSR count). The molecule has 0 aromatic heterocycles. The summed E-state index contributed by atoms with van der Waals surface area (Å²) in [6, 6.07) is 0. The Morgan fingerprint density at radius 1 is 1.07 bits per heavy atom. The van der Waals surface area contributed by atoms with E-state index in [0.717, 1.165) is 0 Å². The van der Waals surface area contributed by atoms with E-state index in [4.69, 9.17) is 0 Å². The van der Waals surface area contributed by atoms with E-state index in [1.807, 2.05) is 0 Å². The first-order chi connectivity index (χ1) is 6.43. The molecular formula is C13H23N. The maximum Gasteiger partial charge on any atom is 0.0459 e. The molecule has 0 aromatic carbocycles. The van der Waals surface area contributed by atoms with Gasteiger partial charge in [0.15, 0.2) is 0 Å². The van der Waals surface area contributed by atoms with E-state index in [0.29, 0.717) is 11.0 Å². The van der Waals surface area contributed by atoms with Crippen LogP contribution in [0.2, 0.25) is 0 Å². The SMILES string of the molecule is CC1=C(C)C2(C)CCCCC2(C)N1C. The Bertz CT molecular complexity index is 292. The van der Waals surface area contributed by atoms with Crippen molar-refractivity contribution in [1.29, 1.82) is 0 Å². The summed E-state index contributed by atoms with van der Waals surface area (Å²) in [6.07, 6.45) is 5.53. The fraction of sp³-hybridized carbons (Fsp3) is 0.846. The molecule has 80 valence electrons. The molecule has 0 bridgehead atoms. The average Bonchev–Trinajstić information content (AvgIpc) is 2.30. The lowest BCUT2D eigenvalue weighted by molar-refractivity contribution is 0.0424. The number of allylic oxidation sites excluding steroid dienone is 1. The van der Waals surface area contributed by atoms with Gasteiger partial charge in [0.1, 0.15) is 0 Å². The third-order valence-electron chi connectivity index (χ3n) is 5.39. The van der Waals surface area contributed by atoms with Gasteiger partial charge in [-0.1, -0.05) is 19.8 Å². The Kier molecular flexibility index (Phi) is 1.99. The molecule has 1 aliphatic heterocycles. The Hall–Kier alpha value is -0.460. The molecule has 1 saturated carbocycles. The minimum Gasteiger partial charge on any atom is -0.372 e. The van der Waals surface area contributed by atoms with E-state index in [1.165, 1.54) is 31.4 Å². The van der Waals surface area contributed by atoms with Gasteiger partial charge in [-0.15, -0.1) is 0 Å². The monoisotopic (exact) mass is 193 g/mol. The second-order valence-electron chi connectivity index (χ2n) is 5.58. The van der Waals surface area contributed by atoms with Gasteiger partial charge in [0.25, 0.3) is 0 Å². The van der Waals surface area contributed by atoms with Crippen LogP contribution in [0.3, 0.4) is 0 Å². The first kappa shape index (κ1) is 10.1. The van der Waals surface area contributed by atoms with Crippen molar-refractivity contribution in [3.8, 4) is 0 Å². The predicted octanol–water partition coefficient (Wildman–Crippen LogP) is 3.56. The van der Waals surface area contributed by atoms with Crippen LogP contribution in [-0.4, -0.2) is 17.5 Å². The van der Waals surface area contributed by atoms with Crippen molar-refractivity contribution in [2.75, 3.05) is 7.05 Å². The van der Waals surface area contributed by atoms with Crippen LogP contribution in [0.15, 0.2) is 11.3 Å². The molecule has 0 spiro atoms. The van der Waals surface area contributed by atoms with E-state index in [2.05, 4.69) is 39.6 Å². The second-order valence-corrected chi connectivity index (χ2v) is 5.58. The highest BCUT2D eigenvalue weighted by molar-refractivity contribution is 5.32. The van der Waals surface area contributed by atoms with Crippen molar-refractivity contribution in [3.63, 3.8) is 0 Å². The van der Waals surface area contributed by atoms with Crippen LogP contribution in [0.5, 0.6) is 0 Å². The van der Waals surface area contributed by atoms with Crippen LogP contribution < -0.4 is 0 Å². The number of fused-ring (bicyclic) bond motifs is 1. The quantitative estimate of drug-likeness (QED) is 0.568. The number of rotatable bonds is 0. The zero-order valence-corrected chi connectivity index (χ0v) is 10.3. The molecule has 2 unspecified atom stereocenters. The van der Waals surface area contributed by atoms with Crippen LogP contribution >= 0.6 is 0 Å². The Morgan fingerprint density at radius 2 is 1.64 bits per heavy atom. The molecule has 1 aliphatic carbocycles. The van der Waals surface area contributed by atoms with Gasteiger partial charge < -0.3 is 4.90 Å². The van der Waals surface area contributed by atoms with Crippen LogP contribution in [0.25, 0.3) is 0 Å². The molecule has 2 aliphatic rings. The van der Waals surface area contributed by atoms with Gasteiger partial charge in [0.05, 0.1) is 0 Å². The first-order valence-corrected chi connectivity index (χ1v) is 5.85. The zero-order valence-electron chi connectivity index (χ0n) is 10.3. The first-order valence-electron chi connectivity index (χ1n) is 5.85. The van der Waals surface area contributed by atoms with Gasteiger partial charge in [-0.25, -0.2) is 0 Å². The molecule has 0 saturated heterocycles. The zero-order chi connectivity index (χ0) is 10.6. The van der Waals surface area contributed by atoms with Crippen LogP contribution in [0.1, 0.15) is 53.4 Å². The molecule has 0 N–H and O–H groups in total. The van der Waals surface area contributed by atoms with Crippen molar-refractivity contribution >= 4 is 0 Å². The highest BCUT2D eigenvalue weighted by Gasteiger charge is 2.54. The van der Waals surface area contributed by atoms with Gasteiger partial charge in [0.2, 0.25) is 0 Å². The molecular weight excluding hydrogens is 170 g/mol. The van der Waals surface area contributed by atoms with E-state index in [9.17, 15) is 0 Å². The van der Waals surface area contributed by atoms with E-state index in [-0.39, 0.29) is 0 Å². The van der Waals surface area contributed by atoms with E-state index in [1.54, 1.807) is 5.57 Å². The lowest BCUT2D eigenvalue weighted by Crippen LogP contribution is -2.52. The number of hydrogen-bond donors (Lipinski definition) is 0. The van der Waals surface area contributed by atoms with Crippen molar-refractivity contribution in [2.24, 2.45) is 5.41 Å². The Balaban J connectivity index is 2.49. The molecule has 1 fully saturated rings. The van der Waals surface area contributed by atoms with Gasteiger partial charge >= 0.3 is 0 Å². The van der Waals surface area contributed by atoms with Crippen LogP contribution in [0.4, 0.5) is 0 Å². The van der Waals surface area contributed by atoms with Crippen molar-refractivity contribution in [2.45, 2.75) is 58.9 Å². The van der Waals surface area contributed by atoms with Crippen molar-refractivity contribution in [1.82, 2.24) is 4.90 Å². The largest absolute Gasteiger partial charge is 0.372 e. The summed E-state index contributed by atoms with van der Waals surface area (Å²) in [6.45, 7) is 9.53. The maximum atomic E-state index is 2.53. The maximum absolute atomic E-state index is 2.53. The van der Waals surface area contributed by atoms with Gasteiger partial charge in [-0.2, -0.15) is 0 Å². The predicted molar refractivity (Wildman–Crippen MR) is 61.1 cm³/mol. The van der Waals surface area contributed by atoms with E-state index >= 15 is 0 Å². The normalized spacial score (nSPS) is 43.1. The van der Waals surface area contributed by atoms with Crippen molar-refractivity contribution in [3.05, 3.63) is 11.3 Å². The highest BCUT2D eigenvalue weighted by atomic mass is 15.2. The van der Waals surface area contributed by atoms with Crippen molar-refractivity contribution < 1.29 is 0 Å². The minimum absolute atomic E-state index is 0.388. The van der Waals surface area contributed by atoms with E-state index < -0.39 is 0 Å². The lowest BCUT2D eigenvalue weighted by Gasteiger charge is -2.50. The Labute approximate surface area is 88.2 Å². The van der Waals surface area contributed by atoms with Gasteiger partial charge in [-0.3, -0.25) is 0 Å². The smallest absolute Gasteiger partial charge is 0.0459 e. The second kappa shape index (κ2) is 2.77. The summed E-state index contributed by atoms with van der Waals surface area (Å²) in [5.41, 5.74) is 3.96. The molecule has 1 heterocycles. The summed E-state index contributed by atoms with van der Waals surface area (Å²) in [5.74, 6) is 0. The third kappa shape index (κ3) is 0.910. The summed E-state index contributed by atoms with van der Waals surface area (Å²) in [4.78, 5) is 2.53. The standard InChI is InChI=1S/C13H23N/c1-10-11(2)14(5)13(4)9-7-6-8-12(10,13)3/h6-9H2,1-5H3. The van der Waals surface area contributed by atoms with Gasteiger partial charge in [-0.05, 0) is 39.2 Å².